The van der Waals surface area contributed by atoms with Gasteiger partial charge in [-0.25, -0.2) is 0 Å². The Hall–Kier alpha value is -1.76. The van der Waals surface area contributed by atoms with Gasteiger partial charge >= 0.3 is 0 Å². The summed E-state index contributed by atoms with van der Waals surface area (Å²) >= 11 is 0. The standard InChI is InChI=1S/C16H15N/c1-10-6-7-13-14(8-10)15-9-11-4-2-3-5-12(11)16(13)17-15/h2-8,10,15,17H,9H2,1H3/t10?,15-/m0/s1. The Kier molecular flexibility index (Phi) is 1.71. The van der Waals surface area contributed by atoms with Crippen molar-refractivity contribution < 1.29 is 0 Å². The molecule has 0 amide bonds. The highest BCUT2D eigenvalue weighted by atomic mass is 15.0. The van der Waals surface area contributed by atoms with Crippen LogP contribution < -0.4 is 5.32 Å². The van der Waals surface area contributed by atoms with E-state index in [-0.39, 0.29) is 0 Å². The Morgan fingerprint density at radius 2 is 2.12 bits per heavy atom. The lowest BCUT2D eigenvalue weighted by Crippen LogP contribution is -2.30. The van der Waals surface area contributed by atoms with Gasteiger partial charge in [-0.15, -0.1) is 0 Å². The average Bonchev–Trinajstić information content (AvgIpc) is 2.64. The van der Waals surface area contributed by atoms with E-state index in [1.165, 1.54) is 28.0 Å². The van der Waals surface area contributed by atoms with Crippen LogP contribution >= 0.6 is 0 Å². The number of hydrogen-bond donors (Lipinski definition) is 1. The molecule has 0 spiro atoms. The van der Waals surface area contributed by atoms with Gasteiger partial charge in [0.15, 0.2) is 0 Å². The lowest BCUT2D eigenvalue weighted by atomic mass is 9.90. The predicted molar refractivity (Wildman–Crippen MR) is 70.4 cm³/mol. The van der Waals surface area contributed by atoms with Crippen LogP contribution in [0.5, 0.6) is 0 Å². The molecular weight excluding hydrogens is 206 g/mol. The van der Waals surface area contributed by atoms with E-state index < -0.39 is 0 Å². The van der Waals surface area contributed by atoms with Gasteiger partial charge in [0.25, 0.3) is 0 Å². The minimum Gasteiger partial charge on any atom is -0.377 e. The minimum absolute atomic E-state index is 0.502. The van der Waals surface area contributed by atoms with Crippen molar-refractivity contribution in [1.82, 2.24) is 5.32 Å². The second-order valence-electron chi connectivity index (χ2n) is 5.19. The first-order chi connectivity index (χ1) is 8.33. The third kappa shape index (κ3) is 1.20. The van der Waals surface area contributed by atoms with Gasteiger partial charge in [-0.3, -0.25) is 0 Å². The Labute approximate surface area is 102 Å². The Morgan fingerprint density at radius 3 is 3.06 bits per heavy atom. The molecule has 1 aromatic rings. The molecule has 2 bridgehead atoms. The maximum Gasteiger partial charge on any atom is 0.0558 e. The van der Waals surface area contributed by atoms with Crippen molar-refractivity contribution in [3.8, 4) is 0 Å². The molecule has 3 aliphatic rings. The van der Waals surface area contributed by atoms with Gasteiger partial charge in [-0.1, -0.05) is 49.4 Å². The zero-order valence-corrected chi connectivity index (χ0v) is 9.90. The smallest absolute Gasteiger partial charge is 0.0558 e. The monoisotopic (exact) mass is 221 g/mol. The highest BCUT2D eigenvalue weighted by molar-refractivity contribution is 5.83. The van der Waals surface area contributed by atoms with E-state index in [4.69, 9.17) is 0 Å². The Bertz CT molecular complexity index is 589. The molecule has 4 rings (SSSR count). The van der Waals surface area contributed by atoms with E-state index >= 15 is 0 Å². The quantitative estimate of drug-likeness (QED) is 0.710. The molecule has 0 saturated carbocycles. The maximum absolute atomic E-state index is 3.67. The SMILES string of the molecule is CC1C=CC2=C3N[C@@H](Cc4ccccc43)C2=C1. The third-order valence-corrected chi connectivity index (χ3v) is 3.99. The molecule has 0 fully saturated rings. The van der Waals surface area contributed by atoms with Gasteiger partial charge in [-0.2, -0.15) is 0 Å². The number of nitrogens with one attached hydrogen (secondary N) is 1. The molecular formula is C16H15N. The first kappa shape index (κ1) is 9.29. The maximum atomic E-state index is 3.67. The van der Waals surface area contributed by atoms with Gasteiger partial charge in [0.2, 0.25) is 0 Å². The van der Waals surface area contributed by atoms with Crippen LogP contribution in [0.25, 0.3) is 5.70 Å². The van der Waals surface area contributed by atoms with E-state index in [1.54, 1.807) is 0 Å². The van der Waals surface area contributed by atoms with Gasteiger partial charge in [0, 0.05) is 16.8 Å². The zero-order chi connectivity index (χ0) is 11.4. The van der Waals surface area contributed by atoms with Crippen LogP contribution in [0.4, 0.5) is 0 Å². The molecule has 17 heavy (non-hydrogen) atoms. The van der Waals surface area contributed by atoms with Crippen molar-refractivity contribution in [1.29, 1.82) is 0 Å². The van der Waals surface area contributed by atoms with E-state index in [0.29, 0.717) is 12.0 Å². The van der Waals surface area contributed by atoms with E-state index in [2.05, 4.69) is 54.7 Å². The fourth-order valence-electron chi connectivity index (χ4n) is 3.18. The van der Waals surface area contributed by atoms with Gasteiger partial charge < -0.3 is 5.32 Å². The molecule has 1 unspecified atom stereocenters. The van der Waals surface area contributed by atoms with Crippen molar-refractivity contribution in [2.24, 2.45) is 5.92 Å². The summed E-state index contributed by atoms with van der Waals surface area (Å²) in [7, 11) is 0. The number of benzene rings is 1. The highest BCUT2D eigenvalue weighted by Crippen LogP contribution is 2.41. The second kappa shape index (κ2) is 3.13. The minimum atomic E-state index is 0.502. The number of rotatable bonds is 0. The van der Waals surface area contributed by atoms with Crippen molar-refractivity contribution in [3.05, 3.63) is 64.8 Å². The van der Waals surface area contributed by atoms with Crippen molar-refractivity contribution >= 4 is 5.70 Å². The van der Waals surface area contributed by atoms with E-state index in [1.807, 2.05) is 0 Å². The van der Waals surface area contributed by atoms with Gasteiger partial charge in [0.05, 0.1) is 6.04 Å². The fourth-order valence-corrected chi connectivity index (χ4v) is 3.18. The van der Waals surface area contributed by atoms with Crippen LogP contribution in [0.15, 0.2) is 53.6 Å². The summed E-state index contributed by atoms with van der Waals surface area (Å²) in [6.07, 6.45) is 8.11. The number of allylic oxidation sites excluding steroid dienone is 3. The summed E-state index contributed by atoms with van der Waals surface area (Å²) in [5, 5.41) is 3.67. The zero-order valence-electron chi connectivity index (χ0n) is 9.90. The first-order valence-corrected chi connectivity index (χ1v) is 6.32. The summed E-state index contributed by atoms with van der Waals surface area (Å²) in [6.45, 7) is 2.25. The Balaban J connectivity index is 1.96. The second-order valence-corrected chi connectivity index (χ2v) is 5.19. The summed E-state index contributed by atoms with van der Waals surface area (Å²) in [5.41, 5.74) is 7.13. The summed E-state index contributed by atoms with van der Waals surface area (Å²) in [4.78, 5) is 0. The molecule has 0 saturated heterocycles. The highest BCUT2D eigenvalue weighted by Gasteiger charge is 2.34. The van der Waals surface area contributed by atoms with Crippen LogP contribution in [-0.2, 0) is 6.42 Å². The lowest BCUT2D eigenvalue weighted by molar-refractivity contribution is 0.679. The van der Waals surface area contributed by atoms with Crippen molar-refractivity contribution in [3.63, 3.8) is 0 Å². The number of hydrogen-bond acceptors (Lipinski definition) is 1. The first-order valence-electron chi connectivity index (χ1n) is 6.32. The Morgan fingerprint density at radius 1 is 1.24 bits per heavy atom. The number of fused-ring (bicyclic) bond motifs is 6. The molecule has 1 heteroatoms. The van der Waals surface area contributed by atoms with E-state index in [0.717, 1.165) is 6.42 Å². The molecule has 2 heterocycles. The van der Waals surface area contributed by atoms with Crippen LogP contribution in [0.1, 0.15) is 18.1 Å². The molecule has 1 aliphatic carbocycles. The molecule has 1 aromatic carbocycles. The summed E-state index contributed by atoms with van der Waals surface area (Å²) in [5.74, 6) is 0.568. The largest absolute Gasteiger partial charge is 0.377 e. The lowest BCUT2D eigenvalue weighted by Gasteiger charge is -2.23. The molecule has 0 aromatic heterocycles. The van der Waals surface area contributed by atoms with Crippen LogP contribution in [-0.4, -0.2) is 6.04 Å². The predicted octanol–water partition coefficient (Wildman–Crippen LogP) is 3.06. The third-order valence-electron chi connectivity index (χ3n) is 3.99. The normalized spacial score (nSPS) is 28.4. The van der Waals surface area contributed by atoms with Crippen LogP contribution in [0, 0.1) is 5.92 Å². The van der Waals surface area contributed by atoms with Crippen LogP contribution in [0.3, 0.4) is 0 Å². The molecule has 84 valence electrons. The van der Waals surface area contributed by atoms with Gasteiger partial charge in [0.1, 0.15) is 0 Å². The fraction of sp³-hybridized carbons (Fsp3) is 0.250. The molecule has 1 N–H and O–H groups in total. The summed E-state index contributed by atoms with van der Waals surface area (Å²) in [6, 6.07) is 9.27. The summed E-state index contributed by atoms with van der Waals surface area (Å²) < 4.78 is 0. The van der Waals surface area contributed by atoms with Crippen LogP contribution in [0.2, 0.25) is 0 Å². The molecule has 2 aliphatic heterocycles. The van der Waals surface area contributed by atoms with Crippen molar-refractivity contribution in [2.75, 3.05) is 0 Å². The molecule has 0 radical (unpaired) electrons. The average molecular weight is 221 g/mol. The van der Waals surface area contributed by atoms with Crippen molar-refractivity contribution in [2.45, 2.75) is 19.4 Å². The topological polar surface area (TPSA) is 12.0 Å². The molecule has 2 atom stereocenters. The van der Waals surface area contributed by atoms with Gasteiger partial charge in [-0.05, 0) is 23.5 Å². The molecule has 1 nitrogen and oxygen atoms in total. The van der Waals surface area contributed by atoms with E-state index in [9.17, 15) is 0 Å².